The van der Waals surface area contributed by atoms with Crippen LogP contribution in [0.4, 0.5) is 13.2 Å². The first kappa shape index (κ1) is 16.8. The van der Waals surface area contributed by atoms with Gasteiger partial charge in [0.2, 0.25) is 0 Å². The molecular weight excluding hydrogens is 285 g/mol. The number of thiocarbonyl (C=S) groups is 1. The van der Waals surface area contributed by atoms with E-state index in [2.05, 4.69) is 11.9 Å². The Balaban J connectivity index is 2.92. The lowest BCUT2D eigenvalue weighted by Crippen LogP contribution is -2.59. The molecule has 3 N–H and O–H groups in total. The van der Waals surface area contributed by atoms with Crippen molar-refractivity contribution in [1.29, 1.82) is 0 Å². The van der Waals surface area contributed by atoms with Gasteiger partial charge in [0.1, 0.15) is 17.5 Å². The van der Waals surface area contributed by atoms with Crippen molar-refractivity contribution in [2.75, 3.05) is 6.67 Å². The lowest BCUT2D eigenvalue weighted by molar-refractivity contribution is 0.148. The van der Waals surface area contributed by atoms with E-state index in [1.807, 2.05) is 0 Å². The molecule has 112 valence electrons. The van der Waals surface area contributed by atoms with Gasteiger partial charge in [-0.05, 0) is 38.8 Å². The zero-order valence-electron chi connectivity index (χ0n) is 11.6. The van der Waals surface area contributed by atoms with E-state index in [9.17, 15) is 13.2 Å². The molecule has 0 bridgehead atoms. The van der Waals surface area contributed by atoms with Crippen molar-refractivity contribution < 1.29 is 13.2 Å². The van der Waals surface area contributed by atoms with Crippen molar-refractivity contribution >= 4 is 17.2 Å². The van der Waals surface area contributed by atoms with Gasteiger partial charge in [0.15, 0.2) is 5.67 Å². The molecule has 1 aliphatic rings. The summed E-state index contributed by atoms with van der Waals surface area (Å²) in [5, 5.41) is 2.69. The minimum absolute atomic E-state index is 0.107. The predicted molar refractivity (Wildman–Crippen MR) is 79.5 cm³/mol. The van der Waals surface area contributed by atoms with E-state index in [0.717, 1.165) is 0 Å². The Labute approximate surface area is 122 Å². The van der Waals surface area contributed by atoms with Crippen molar-refractivity contribution in [2.24, 2.45) is 5.73 Å². The minimum atomic E-state index is -2.16. The maximum absolute atomic E-state index is 14.0. The molecule has 1 heterocycles. The van der Waals surface area contributed by atoms with E-state index in [0.29, 0.717) is 5.70 Å². The Bertz CT molecular complexity index is 483. The quantitative estimate of drug-likeness (QED) is 0.617. The van der Waals surface area contributed by atoms with Gasteiger partial charge in [0.25, 0.3) is 0 Å². The van der Waals surface area contributed by atoms with Gasteiger partial charge in [0, 0.05) is 11.3 Å². The van der Waals surface area contributed by atoms with E-state index < -0.39 is 23.7 Å². The number of piperidine rings is 1. The molecule has 0 aliphatic carbocycles. The number of halogens is 3. The molecule has 0 radical (unpaired) electrons. The SMILES string of the molecule is C=C(/C(F)=C\C=C(/C)N)[C@]1(C)CC[C@@](F)(CF)C(=S)N1. The normalized spacial score (nSPS) is 31.9. The standard InChI is InChI=1S/C14H19F3N2S/c1-9(18)4-5-11(16)10(2)13(3)6-7-14(17,8-15)12(20)19-13/h4-5H,2,6-8,18H2,1,3H3,(H,19,20)/b9-4+,11-5+/t13-,14+/m0/s1. The Morgan fingerprint density at radius 1 is 1.50 bits per heavy atom. The van der Waals surface area contributed by atoms with E-state index in [-0.39, 0.29) is 23.4 Å². The number of nitrogens with one attached hydrogen (secondary N) is 1. The molecule has 2 atom stereocenters. The summed E-state index contributed by atoms with van der Waals surface area (Å²) in [7, 11) is 0. The first-order valence-corrected chi connectivity index (χ1v) is 6.62. The van der Waals surface area contributed by atoms with Crippen LogP contribution in [0, 0.1) is 0 Å². The molecule has 0 spiro atoms. The largest absolute Gasteiger partial charge is 0.402 e. The van der Waals surface area contributed by atoms with Crippen molar-refractivity contribution in [3.63, 3.8) is 0 Å². The fraction of sp³-hybridized carbons (Fsp3) is 0.500. The van der Waals surface area contributed by atoms with Crippen LogP contribution in [-0.4, -0.2) is 22.9 Å². The molecule has 1 aliphatic heterocycles. The summed E-state index contributed by atoms with van der Waals surface area (Å²) in [5.41, 5.74) is 2.91. The third-order valence-electron chi connectivity index (χ3n) is 3.48. The van der Waals surface area contributed by atoms with Crippen LogP contribution in [0.15, 0.2) is 35.8 Å². The van der Waals surface area contributed by atoms with Gasteiger partial charge < -0.3 is 11.1 Å². The number of hydrogen-bond acceptors (Lipinski definition) is 2. The van der Waals surface area contributed by atoms with Crippen molar-refractivity contribution in [1.82, 2.24) is 5.32 Å². The van der Waals surface area contributed by atoms with Crippen LogP contribution in [-0.2, 0) is 0 Å². The third kappa shape index (κ3) is 3.42. The minimum Gasteiger partial charge on any atom is -0.402 e. The summed E-state index contributed by atoms with van der Waals surface area (Å²) in [6.45, 7) is 5.78. The highest BCUT2D eigenvalue weighted by molar-refractivity contribution is 7.80. The number of allylic oxidation sites excluding steroid dienone is 3. The molecule has 20 heavy (non-hydrogen) atoms. The molecule has 2 nitrogen and oxygen atoms in total. The summed E-state index contributed by atoms with van der Waals surface area (Å²) < 4.78 is 40.7. The highest BCUT2D eigenvalue weighted by Gasteiger charge is 2.46. The number of alkyl halides is 2. The fourth-order valence-electron chi connectivity index (χ4n) is 1.91. The van der Waals surface area contributed by atoms with E-state index in [4.69, 9.17) is 18.0 Å². The van der Waals surface area contributed by atoms with Gasteiger partial charge in [0.05, 0.1) is 5.54 Å². The first-order valence-electron chi connectivity index (χ1n) is 6.21. The molecule has 0 aromatic carbocycles. The zero-order valence-corrected chi connectivity index (χ0v) is 12.4. The van der Waals surface area contributed by atoms with Crippen LogP contribution in [0.2, 0.25) is 0 Å². The second-order valence-electron chi connectivity index (χ2n) is 5.29. The number of hydrogen-bond donors (Lipinski definition) is 2. The van der Waals surface area contributed by atoms with Crippen molar-refractivity contribution in [3.05, 3.63) is 35.8 Å². The smallest absolute Gasteiger partial charge is 0.188 e. The van der Waals surface area contributed by atoms with E-state index in [1.165, 1.54) is 12.2 Å². The molecule has 0 aromatic rings. The average Bonchev–Trinajstić information content (AvgIpc) is 2.40. The third-order valence-corrected chi connectivity index (χ3v) is 3.94. The highest BCUT2D eigenvalue weighted by Crippen LogP contribution is 2.37. The molecule has 1 rings (SSSR count). The van der Waals surface area contributed by atoms with Crippen molar-refractivity contribution in [2.45, 2.75) is 37.9 Å². The average molecular weight is 304 g/mol. The van der Waals surface area contributed by atoms with Gasteiger partial charge in [-0.15, -0.1) is 0 Å². The lowest BCUT2D eigenvalue weighted by Gasteiger charge is -2.42. The summed E-state index contributed by atoms with van der Waals surface area (Å²) >= 11 is 4.86. The Kier molecular flexibility index (Phi) is 5.02. The number of nitrogens with two attached hydrogens (primary N) is 1. The highest BCUT2D eigenvalue weighted by atomic mass is 32.1. The molecule has 1 saturated heterocycles. The maximum atomic E-state index is 14.0. The topological polar surface area (TPSA) is 38.0 Å². The molecular formula is C14H19F3N2S. The van der Waals surface area contributed by atoms with E-state index >= 15 is 0 Å². The Morgan fingerprint density at radius 3 is 2.55 bits per heavy atom. The van der Waals surface area contributed by atoms with Gasteiger partial charge in [-0.1, -0.05) is 18.8 Å². The lowest BCUT2D eigenvalue weighted by atomic mass is 9.79. The molecule has 6 heteroatoms. The molecule has 0 unspecified atom stereocenters. The Morgan fingerprint density at radius 2 is 2.10 bits per heavy atom. The summed E-state index contributed by atoms with van der Waals surface area (Å²) in [6.07, 6.45) is 2.69. The first-order chi connectivity index (χ1) is 9.14. The van der Waals surface area contributed by atoms with Crippen LogP contribution in [0.25, 0.3) is 0 Å². The maximum Gasteiger partial charge on any atom is 0.188 e. The molecule has 1 fully saturated rings. The van der Waals surface area contributed by atoms with Crippen molar-refractivity contribution in [3.8, 4) is 0 Å². The summed E-state index contributed by atoms with van der Waals surface area (Å²) in [4.78, 5) is -0.242. The second-order valence-corrected chi connectivity index (χ2v) is 5.70. The van der Waals surface area contributed by atoms with Crippen LogP contribution < -0.4 is 11.1 Å². The monoisotopic (exact) mass is 304 g/mol. The summed E-state index contributed by atoms with van der Waals surface area (Å²) in [5.74, 6) is -0.570. The second kappa shape index (κ2) is 5.99. The van der Waals surface area contributed by atoms with Crippen LogP contribution in [0.3, 0.4) is 0 Å². The predicted octanol–water partition coefficient (Wildman–Crippen LogP) is 3.41. The zero-order chi connectivity index (χ0) is 15.6. The molecule has 0 amide bonds. The Hall–Kier alpha value is -1.30. The van der Waals surface area contributed by atoms with Gasteiger partial charge in [-0.2, -0.15) is 0 Å². The van der Waals surface area contributed by atoms with Gasteiger partial charge >= 0.3 is 0 Å². The number of rotatable bonds is 4. The van der Waals surface area contributed by atoms with Gasteiger partial charge in [-0.25, -0.2) is 13.2 Å². The van der Waals surface area contributed by atoms with Crippen LogP contribution in [0.1, 0.15) is 26.7 Å². The van der Waals surface area contributed by atoms with Gasteiger partial charge in [-0.3, -0.25) is 0 Å². The van der Waals surface area contributed by atoms with Crippen LogP contribution in [0.5, 0.6) is 0 Å². The van der Waals surface area contributed by atoms with Crippen LogP contribution >= 0.6 is 12.2 Å². The molecule has 0 aromatic heterocycles. The van der Waals surface area contributed by atoms with E-state index in [1.54, 1.807) is 13.8 Å². The fourth-order valence-corrected chi connectivity index (χ4v) is 2.29. The molecule has 0 saturated carbocycles. The summed E-state index contributed by atoms with van der Waals surface area (Å²) in [6, 6.07) is 0.